The molecule has 1 unspecified atom stereocenters. The Morgan fingerprint density at radius 1 is 1.45 bits per heavy atom. The Balaban J connectivity index is 1.36. The number of aromatic nitrogens is 2. The fourth-order valence-corrected chi connectivity index (χ4v) is 3.90. The van der Waals surface area contributed by atoms with Crippen LogP contribution in [0.4, 0.5) is 0 Å². The zero-order valence-electron chi connectivity index (χ0n) is 11.0. The Labute approximate surface area is 125 Å². The van der Waals surface area contributed by atoms with Gasteiger partial charge in [-0.1, -0.05) is 0 Å². The first kappa shape index (κ1) is 13.9. The Morgan fingerprint density at radius 2 is 2.40 bits per heavy atom. The molecule has 2 aromatic rings. The Hall–Kier alpha value is -1.02. The lowest BCUT2D eigenvalue weighted by atomic mass is 10.2. The molecule has 1 aliphatic carbocycles. The van der Waals surface area contributed by atoms with Gasteiger partial charge in [0, 0.05) is 22.8 Å². The van der Waals surface area contributed by atoms with Crippen LogP contribution in [0.15, 0.2) is 12.3 Å². The van der Waals surface area contributed by atoms with Crippen LogP contribution in [0.3, 0.4) is 0 Å². The zero-order valence-corrected chi connectivity index (χ0v) is 12.7. The second-order valence-corrected chi connectivity index (χ2v) is 6.63. The van der Waals surface area contributed by atoms with Crippen molar-refractivity contribution in [3.05, 3.63) is 27.6 Å². The molecule has 0 bridgehead atoms. The van der Waals surface area contributed by atoms with Crippen molar-refractivity contribution in [2.75, 3.05) is 13.2 Å². The number of hydrogen-bond donors (Lipinski definition) is 2. The highest BCUT2D eigenvalue weighted by atomic mass is 32.1. The topological polar surface area (TPSA) is 67.3 Å². The summed E-state index contributed by atoms with van der Waals surface area (Å²) in [5, 5.41) is 13.1. The predicted molar refractivity (Wildman–Crippen MR) is 79.5 cm³/mol. The van der Waals surface area contributed by atoms with E-state index >= 15 is 0 Å². The van der Waals surface area contributed by atoms with Crippen LogP contribution in [0, 0.1) is 0 Å². The van der Waals surface area contributed by atoms with Gasteiger partial charge in [-0.05, 0) is 30.9 Å². The van der Waals surface area contributed by atoms with E-state index in [0.717, 1.165) is 18.3 Å². The van der Waals surface area contributed by atoms with E-state index in [1.165, 1.54) is 29.7 Å². The van der Waals surface area contributed by atoms with Gasteiger partial charge in [0.05, 0.1) is 11.7 Å². The minimum Gasteiger partial charge on any atom is -0.473 e. The Bertz CT molecular complexity index is 520. The van der Waals surface area contributed by atoms with Crippen LogP contribution in [-0.2, 0) is 19.4 Å². The van der Waals surface area contributed by atoms with E-state index in [0.29, 0.717) is 12.4 Å². The molecule has 0 aromatic carbocycles. The van der Waals surface area contributed by atoms with Crippen LogP contribution in [0.5, 0.6) is 5.88 Å². The molecule has 0 spiro atoms. The summed E-state index contributed by atoms with van der Waals surface area (Å²) in [5.41, 5.74) is 1.52. The van der Waals surface area contributed by atoms with Crippen molar-refractivity contribution in [1.82, 2.24) is 14.1 Å². The highest BCUT2D eigenvalue weighted by molar-refractivity contribution is 7.12. The van der Waals surface area contributed by atoms with Crippen molar-refractivity contribution >= 4 is 23.1 Å². The number of ether oxygens (including phenoxy) is 1. The number of aliphatic hydroxyl groups is 1. The molecule has 0 saturated heterocycles. The SMILES string of the molecule is OC(CNCc1cc2c(s1)CCC2)COc1cnsn1. The van der Waals surface area contributed by atoms with Crippen LogP contribution in [0.1, 0.15) is 21.7 Å². The van der Waals surface area contributed by atoms with Crippen molar-refractivity contribution in [2.45, 2.75) is 31.9 Å². The molecule has 2 N–H and O–H groups in total. The minimum absolute atomic E-state index is 0.235. The third-order valence-corrected chi connectivity index (χ3v) is 4.94. The van der Waals surface area contributed by atoms with Crippen molar-refractivity contribution in [3.63, 3.8) is 0 Å². The molecule has 3 rings (SSSR count). The molecule has 20 heavy (non-hydrogen) atoms. The van der Waals surface area contributed by atoms with Gasteiger partial charge < -0.3 is 15.2 Å². The first-order valence-corrected chi connectivity index (χ1v) is 8.25. The molecule has 1 aliphatic rings. The van der Waals surface area contributed by atoms with E-state index in [2.05, 4.69) is 20.1 Å². The molecule has 108 valence electrons. The van der Waals surface area contributed by atoms with E-state index in [1.807, 2.05) is 11.3 Å². The van der Waals surface area contributed by atoms with E-state index in [1.54, 1.807) is 11.1 Å². The third-order valence-electron chi connectivity index (χ3n) is 3.24. The van der Waals surface area contributed by atoms with Crippen molar-refractivity contribution in [3.8, 4) is 5.88 Å². The molecule has 5 nitrogen and oxygen atoms in total. The average Bonchev–Trinajstić information content (AvgIpc) is 3.12. The van der Waals surface area contributed by atoms with Crippen LogP contribution in [0.2, 0.25) is 0 Å². The van der Waals surface area contributed by atoms with Gasteiger partial charge in [0.1, 0.15) is 18.9 Å². The molecule has 0 radical (unpaired) electrons. The van der Waals surface area contributed by atoms with E-state index < -0.39 is 6.10 Å². The summed E-state index contributed by atoms with van der Waals surface area (Å²) in [4.78, 5) is 2.90. The van der Waals surface area contributed by atoms with E-state index in [9.17, 15) is 5.11 Å². The van der Waals surface area contributed by atoms with E-state index in [-0.39, 0.29) is 6.61 Å². The molecule has 1 atom stereocenters. The average molecular weight is 311 g/mol. The lowest BCUT2D eigenvalue weighted by molar-refractivity contribution is 0.104. The molecule has 2 aromatic heterocycles. The fourth-order valence-electron chi connectivity index (χ4n) is 2.30. The summed E-state index contributed by atoms with van der Waals surface area (Å²) in [6, 6.07) is 2.30. The van der Waals surface area contributed by atoms with Gasteiger partial charge in [0.2, 0.25) is 5.88 Å². The molecule has 2 heterocycles. The quantitative estimate of drug-likeness (QED) is 0.813. The maximum absolute atomic E-state index is 9.81. The van der Waals surface area contributed by atoms with Gasteiger partial charge in [0.25, 0.3) is 0 Å². The summed E-state index contributed by atoms with van der Waals surface area (Å²) in [7, 11) is 0. The summed E-state index contributed by atoms with van der Waals surface area (Å²) in [6.45, 7) is 1.56. The highest BCUT2D eigenvalue weighted by Gasteiger charge is 2.14. The Morgan fingerprint density at radius 3 is 3.20 bits per heavy atom. The molecule has 7 heteroatoms. The number of nitrogens with one attached hydrogen (secondary N) is 1. The largest absolute Gasteiger partial charge is 0.473 e. The molecular weight excluding hydrogens is 294 g/mol. The highest BCUT2D eigenvalue weighted by Crippen LogP contribution is 2.30. The van der Waals surface area contributed by atoms with Crippen molar-refractivity contribution < 1.29 is 9.84 Å². The number of hydrogen-bond acceptors (Lipinski definition) is 7. The predicted octanol–water partition coefficient (Wildman–Crippen LogP) is 1.62. The number of fused-ring (bicyclic) bond motifs is 1. The standard InChI is InChI=1S/C13H17N3O2S2/c17-10(8-18-13-7-15-20-16-13)5-14-6-11-4-9-2-1-3-12(9)19-11/h4,7,10,14,17H,1-3,5-6,8H2. The van der Waals surface area contributed by atoms with Gasteiger partial charge >= 0.3 is 0 Å². The van der Waals surface area contributed by atoms with Crippen LogP contribution < -0.4 is 10.1 Å². The number of thiophene rings is 1. The van der Waals surface area contributed by atoms with Gasteiger partial charge in [-0.2, -0.15) is 4.37 Å². The summed E-state index contributed by atoms with van der Waals surface area (Å²) >= 11 is 2.99. The number of nitrogens with zero attached hydrogens (tertiary/aromatic N) is 2. The second kappa shape index (κ2) is 6.62. The maximum atomic E-state index is 9.81. The van der Waals surface area contributed by atoms with Gasteiger partial charge in [-0.15, -0.1) is 15.7 Å². The lowest BCUT2D eigenvalue weighted by Gasteiger charge is -2.11. The smallest absolute Gasteiger partial charge is 0.245 e. The monoisotopic (exact) mass is 311 g/mol. The summed E-state index contributed by atoms with van der Waals surface area (Å²) in [5.74, 6) is 0.476. The Kier molecular flexibility index (Phi) is 4.62. The van der Waals surface area contributed by atoms with Gasteiger partial charge in [-0.25, -0.2) is 0 Å². The first-order chi connectivity index (χ1) is 9.81. The molecule has 0 aliphatic heterocycles. The fraction of sp³-hybridized carbons (Fsp3) is 0.538. The third kappa shape index (κ3) is 3.54. The molecule has 0 fully saturated rings. The summed E-state index contributed by atoms with van der Waals surface area (Å²) < 4.78 is 13.1. The van der Waals surface area contributed by atoms with E-state index in [4.69, 9.17) is 4.74 Å². The van der Waals surface area contributed by atoms with Crippen LogP contribution in [-0.4, -0.2) is 33.1 Å². The molecule has 0 saturated carbocycles. The first-order valence-electron chi connectivity index (χ1n) is 6.71. The second-order valence-electron chi connectivity index (χ2n) is 4.86. The van der Waals surface area contributed by atoms with Crippen molar-refractivity contribution in [1.29, 1.82) is 0 Å². The lowest BCUT2D eigenvalue weighted by Crippen LogP contribution is -2.31. The van der Waals surface area contributed by atoms with Gasteiger partial charge in [0.15, 0.2) is 0 Å². The molecule has 0 amide bonds. The summed E-state index contributed by atoms with van der Waals surface area (Å²) in [6.07, 6.45) is 4.78. The zero-order chi connectivity index (χ0) is 13.8. The number of aliphatic hydroxyl groups excluding tert-OH is 1. The normalized spacial score (nSPS) is 15.2. The van der Waals surface area contributed by atoms with Gasteiger partial charge in [-0.3, -0.25) is 0 Å². The maximum Gasteiger partial charge on any atom is 0.245 e. The number of aryl methyl sites for hydroxylation is 2. The number of rotatable bonds is 7. The van der Waals surface area contributed by atoms with Crippen LogP contribution >= 0.6 is 23.1 Å². The van der Waals surface area contributed by atoms with Crippen molar-refractivity contribution in [2.24, 2.45) is 0 Å². The minimum atomic E-state index is -0.538. The van der Waals surface area contributed by atoms with Crippen LogP contribution in [0.25, 0.3) is 0 Å². The molecular formula is C13H17N3O2S2.